The van der Waals surface area contributed by atoms with Crippen molar-refractivity contribution in [2.45, 2.75) is 20.0 Å². The normalized spacial score (nSPS) is 10.5. The van der Waals surface area contributed by atoms with Crippen molar-refractivity contribution in [3.63, 3.8) is 0 Å². The molecule has 8 heteroatoms. The monoisotopic (exact) mass is 457 g/mol. The number of hydrogen-bond acceptors (Lipinski definition) is 7. The number of para-hydroxylation sites is 1. The molecular formula is C26H23N3O5. The van der Waals surface area contributed by atoms with E-state index in [9.17, 15) is 9.59 Å². The van der Waals surface area contributed by atoms with E-state index in [2.05, 4.69) is 15.5 Å². The fraction of sp³-hybridized carbons (Fsp3) is 0.154. The molecule has 0 saturated heterocycles. The number of hydrogen-bond donors (Lipinski definition) is 1. The van der Waals surface area contributed by atoms with Crippen molar-refractivity contribution in [2.24, 2.45) is 0 Å². The van der Waals surface area contributed by atoms with E-state index in [0.717, 1.165) is 11.1 Å². The second-order valence-electron chi connectivity index (χ2n) is 7.49. The highest BCUT2D eigenvalue weighted by Gasteiger charge is 2.12. The van der Waals surface area contributed by atoms with Crippen molar-refractivity contribution in [3.05, 3.63) is 107 Å². The van der Waals surface area contributed by atoms with Gasteiger partial charge in [0, 0.05) is 12.6 Å². The quantitative estimate of drug-likeness (QED) is 0.373. The summed E-state index contributed by atoms with van der Waals surface area (Å²) in [4.78, 5) is 28.8. The van der Waals surface area contributed by atoms with Crippen molar-refractivity contribution in [1.82, 2.24) is 10.1 Å². The molecule has 0 aliphatic heterocycles. The first-order chi connectivity index (χ1) is 16.6. The Morgan fingerprint density at radius 2 is 1.68 bits per heavy atom. The van der Waals surface area contributed by atoms with Crippen LogP contribution in [0.1, 0.15) is 33.2 Å². The molecule has 1 N–H and O–H groups in total. The highest BCUT2D eigenvalue weighted by molar-refractivity contribution is 5.96. The van der Waals surface area contributed by atoms with Gasteiger partial charge in [0.15, 0.2) is 13.2 Å². The number of carbonyl (C=O) groups is 2. The van der Waals surface area contributed by atoms with Crippen LogP contribution in [0.5, 0.6) is 5.75 Å². The minimum atomic E-state index is -0.604. The Balaban J connectivity index is 1.27. The van der Waals surface area contributed by atoms with Crippen LogP contribution in [-0.2, 0) is 22.6 Å². The molecule has 1 heterocycles. The summed E-state index contributed by atoms with van der Waals surface area (Å²) in [6.07, 6.45) is 0.678. The van der Waals surface area contributed by atoms with E-state index < -0.39 is 18.5 Å². The number of nitrogens with zero attached hydrogens (tertiary/aromatic N) is 2. The summed E-state index contributed by atoms with van der Waals surface area (Å²) in [6.45, 7) is 1.45. The molecule has 34 heavy (non-hydrogen) atoms. The van der Waals surface area contributed by atoms with Crippen molar-refractivity contribution in [3.8, 4) is 5.75 Å². The molecule has 0 bridgehead atoms. The van der Waals surface area contributed by atoms with Crippen LogP contribution in [0.2, 0.25) is 0 Å². The van der Waals surface area contributed by atoms with E-state index in [4.69, 9.17) is 14.0 Å². The van der Waals surface area contributed by atoms with E-state index in [1.54, 1.807) is 31.2 Å². The zero-order valence-electron chi connectivity index (χ0n) is 18.6. The number of benzene rings is 3. The predicted molar refractivity (Wildman–Crippen MR) is 124 cm³/mol. The van der Waals surface area contributed by atoms with Crippen LogP contribution in [0, 0.1) is 6.92 Å². The molecule has 4 aromatic rings. The molecule has 0 radical (unpaired) electrons. The van der Waals surface area contributed by atoms with Gasteiger partial charge in [0.1, 0.15) is 5.75 Å². The fourth-order valence-corrected chi connectivity index (χ4v) is 3.25. The van der Waals surface area contributed by atoms with Gasteiger partial charge in [-0.3, -0.25) is 4.79 Å². The molecule has 8 nitrogen and oxygen atoms in total. The molecule has 4 rings (SSSR count). The van der Waals surface area contributed by atoms with Gasteiger partial charge in [-0.2, -0.15) is 4.98 Å². The fourth-order valence-electron chi connectivity index (χ4n) is 3.25. The molecule has 0 saturated carbocycles. The largest absolute Gasteiger partial charge is 0.485 e. The topological polar surface area (TPSA) is 104 Å². The lowest BCUT2D eigenvalue weighted by Gasteiger charge is -2.12. The minimum absolute atomic E-state index is 0.146. The van der Waals surface area contributed by atoms with Crippen molar-refractivity contribution >= 4 is 17.6 Å². The van der Waals surface area contributed by atoms with Gasteiger partial charge in [-0.15, -0.1) is 0 Å². The van der Waals surface area contributed by atoms with Crippen LogP contribution >= 0.6 is 0 Å². The van der Waals surface area contributed by atoms with Crippen LogP contribution < -0.4 is 10.1 Å². The zero-order chi connectivity index (χ0) is 23.8. The summed E-state index contributed by atoms with van der Waals surface area (Å²) < 4.78 is 15.6. The average Bonchev–Trinajstić information content (AvgIpc) is 3.28. The maximum Gasteiger partial charge on any atom is 0.338 e. The molecule has 0 fully saturated rings. The maximum absolute atomic E-state index is 12.4. The molecule has 0 atom stereocenters. The second kappa shape index (κ2) is 10.9. The minimum Gasteiger partial charge on any atom is -0.485 e. The van der Waals surface area contributed by atoms with Crippen LogP contribution in [-0.4, -0.2) is 28.6 Å². The van der Waals surface area contributed by atoms with Crippen molar-refractivity contribution in [2.75, 3.05) is 11.9 Å². The van der Waals surface area contributed by atoms with Crippen LogP contribution in [0.25, 0.3) is 0 Å². The highest BCUT2D eigenvalue weighted by atomic mass is 16.5. The summed E-state index contributed by atoms with van der Waals surface area (Å²) in [5, 5.41) is 6.58. The molecule has 0 aliphatic rings. The summed E-state index contributed by atoms with van der Waals surface area (Å²) in [7, 11) is 0. The first-order valence-corrected chi connectivity index (χ1v) is 10.7. The summed E-state index contributed by atoms with van der Waals surface area (Å²) in [6, 6.07) is 23.9. The van der Waals surface area contributed by atoms with Gasteiger partial charge < -0.3 is 19.3 Å². The van der Waals surface area contributed by atoms with Crippen LogP contribution in [0.15, 0.2) is 83.4 Å². The first-order valence-electron chi connectivity index (χ1n) is 10.7. The summed E-state index contributed by atoms with van der Waals surface area (Å²) in [5.41, 5.74) is 3.10. The molecule has 0 spiro atoms. The lowest BCUT2D eigenvalue weighted by molar-refractivity contribution is -0.119. The van der Waals surface area contributed by atoms with E-state index in [1.165, 1.54) is 0 Å². The molecule has 1 aromatic heterocycles. The molecule has 3 aromatic carbocycles. The average molecular weight is 457 g/mol. The standard InChI is InChI=1S/C26H23N3O5/c1-18-27-24(29-34-18)16-32-22-13-11-20(12-14-22)26(31)33-17-25(30)28-23-10-6-5-9-21(23)15-19-7-3-2-4-8-19/h2-14H,15-17H2,1H3,(H,28,30). The third kappa shape index (κ3) is 6.29. The van der Waals surface area contributed by atoms with E-state index in [1.807, 2.05) is 54.6 Å². The summed E-state index contributed by atoms with van der Waals surface area (Å²) in [5.74, 6) is 0.404. The number of nitrogens with one attached hydrogen (secondary N) is 1. The van der Waals surface area contributed by atoms with Gasteiger partial charge in [-0.1, -0.05) is 53.7 Å². The van der Waals surface area contributed by atoms with Gasteiger partial charge in [0.25, 0.3) is 5.91 Å². The van der Waals surface area contributed by atoms with Crippen LogP contribution in [0.4, 0.5) is 5.69 Å². The summed E-state index contributed by atoms with van der Waals surface area (Å²) >= 11 is 0. The SMILES string of the molecule is Cc1nc(COc2ccc(C(=O)OCC(=O)Nc3ccccc3Cc3ccccc3)cc2)no1. The second-order valence-corrected chi connectivity index (χ2v) is 7.49. The Morgan fingerprint density at radius 3 is 2.41 bits per heavy atom. The van der Waals surface area contributed by atoms with Crippen LogP contribution in [0.3, 0.4) is 0 Å². The zero-order valence-corrected chi connectivity index (χ0v) is 18.6. The highest BCUT2D eigenvalue weighted by Crippen LogP contribution is 2.19. The van der Waals surface area contributed by atoms with Crippen molar-refractivity contribution < 1.29 is 23.6 Å². The first kappa shape index (κ1) is 22.7. The van der Waals surface area contributed by atoms with E-state index in [-0.39, 0.29) is 6.61 Å². The predicted octanol–water partition coefficient (Wildman–Crippen LogP) is 4.34. The lowest BCUT2D eigenvalue weighted by atomic mass is 10.0. The van der Waals surface area contributed by atoms with Gasteiger partial charge in [0.05, 0.1) is 5.56 Å². The van der Waals surface area contributed by atoms with E-state index >= 15 is 0 Å². The van der Waals surface area contributed by atoms with Gasteiger partial charge in [-0.05, 0) is 47.9 Å². The number of esters is 1. The third-order valence-electron chi connectivity index (χ3n) is 4.89. The molecule has 0 aliphatic carbocycles. The smallest absolute Gasteiger partial charge is 0.338 e. The number of carbonyl (C=O) groups excluding carboxylic acids is 2. The molecule has 0 unspecified atom stereocenters. The number of ether oxygens (including phenoxy) is 2. The third-order valence-corrected chi connectivity index (χ3v) is 4.89. The van der Waals surface area contributed by atoms with Gasteiger partial charge in [0.2, 0.25) is 11.7 Å². The number of rotatable bonds is 9. The van der Waals surface area contributed by atoms with Crippen molar-refractivity contribution in [1.29, 1.82) is 0 Å². The Kier molecular flexibility index (Phi) is 7.29. The molecule has 172 valence electrons. The maximum atomic E-state index is 12.4. The van der Waals surface area contributed by atoms with E-state index in [0.29, 0.717) is 35.1 Å². The van der Waals surface area contributed by atoms with Gasteiger partial charge in [-0.25, -0.2) is 4.79 Å². The number of aryl methyl sites for hydroxylation is 1. The number of amides is 1. The Hall–Kier alpha value is -4.46. The Morgan fingerprint density at radius 1 is 0.941 bits per heavy atom. The number of anilines is 1. The number of aromatic nitrogens is 2. The molecule has 1 amide bonds. The Bertz CT molecular complexity index is 1250. The van der Waals surface area contributed by atoms with Gasteiger partial charge >= 0.3 is 5.97 Å². The molecular weight excluding hydrogens is 434 g/mol. The lowest BCUT2D eigenvalue weighted by Crippen LogP contribution is -2.21. The Labute approximate surface area is 196 Å².